The highest BCUT2D eigenvalue weighted by Gasteiger charge is 2.47. The molecule has 0 saturated heterocycles. The molecule has 2 aliphatic rings. The summed E-state index contributed by atoms with van der Waals surface area (Å²) in [5.74, 6) is 1.20. The minimum absolute atomic E-state index is 0.00794. The number of aromatic nitrogens is 1. The quantitative estimate of drug-likeness (QED) is 0.824. The van der Waals surface area contributed by atoms with E-state index in [9.17, 15) is 9.59 Å². The number of amides is 2. The third kappa shape index (κ3) is 4.26. The Kier molecular flexibility index (Phi) is 5.46. The first kappa shape index (κ1) is 18.7. The van der Waals surface area contributed by atoms with E-state index >= 15 is 0 Å². The van der Waals surface area contributed by atoms with Crippen LogP contribution in [0.4, 0.5) is 5.82 Å². The summed E-state index contributed by atoms with van der Waals surface area (Å²) < 4.78 is 5.00. The smallest absolute Gasteiger partial charge is 0.245 e. The van der Waals surface area contributed by atoms with Crippen LogP contribution < -0.4 is 5.32 Å². The topological polar surface area (TPSA) is 75.4 Å². The van der Waals surface area contributed by atoms with Gasteiger partial charge in [0.25, 0.3) is 0 Å². The summed E-state index contributed by atoms with van der Waals surface area (Å²) >= 11 is 0. The van der Waals surface area contributed by atoms with Crippen molar-refractivity contribution in [1.29, 1.82) is 0 Å². The lowest BCUT2D eigenvalue weighted by molar-refractivity contribution is -0.139. The summed E-state index contributed by atoms with van der Waals surface area (Å²) in [6.45, 7) is 1.85. The van der Waals surface area contributed by atoms with E-state index in [1.165, 1.54) is 12.0 Å². The highest BCUT2D eigenvalue weighted by atomic mass is 16.5. The fourth-order valence-corrected chi connectivity index (χ4v) is 4.29. The van der Waals surface area contributed by atoms with Gasteiger partial charge in [0.1, 0.15) is 12.3 Å². The van der Waals surface area contributed by atoms with Gasteiger partial charge in [0.05, 0.1) is 0 Å². The van der Waals surface area contributed by atoms with Crippen molar-refractivity contribution in [3.05, 3.63) is 47.7 Å². The predicted octanol–water partition coefficient (Wildman–Crippen LogP) is 3.89. The van der Waals surface area contributed by atoms with Gasteiger partial charge < -0.3 is 14.7 Å². The average Bonchev–Trinajstić information content (AvgIpc) is 3.43. The minimum Gasteiger partial charge on any atom is -0.360 e. The lowest BCUT2D eigenvalue weighted by Crippen LogP contribution is -2.46. The Labute approximate surface area is 165 Å². The van der Waals surface area contributed by atoms with Crippen molar-refractivity contribution >= 4 is 17.6 Å². The number of anilines is 1. The number of hydrogen-bond donors (Lipinski definition) is 1. The molecular formula is C22H27N3O3. The van der Waals surface area contributed by atoms with E-state index in [2.05, 4.69) is 22.6 Å². The van der Waals surface area contributed by atoms with Crippen LogP contribution in [-0.2, 0) is 9.59 Å². The highest BCUT2D eigenvalue weighted by Crippen LogP contribution is 2.48. The number of benzene rings is 1. The Morgan fingerprint density at radius 3 is 2.61 bits per heavy atom. The van der Waals surface area contributed by atoms with Gasteiger partial charge in [-0.2, -0.15) is 0 Å². The molecule has 4 rings (SSSR count). The van der Waals surface area contributed by atoms with E-state index in [1.54, 1.807) is 13.0 Å². The molecule has 2 aliphatic carbocycles. The minimum atomic E-state index is -0.218. The molecule has 1 aromatic heterocycles. The molecule has 2 atom stereocenters. The van der Waals surface area contributed by atoms with Crippen LogP contribution in [0.25, 0.3) is 0 Å². The van der Waals surface area contributed by atoms with Gasteiger partial charge in [-0.3, -0.25) is 9.59 Å². The van der Waals surface area contributed by atoms with Crippen molar-refractivity contribution in [2.45, 2.75) is 57.4 Å². The summed E-state index contributed by atoms with van der Waals surface area (Å²) in [6, 6.07) is 12.0. The van der Waals surface area contributed by atoms with Crippen molar-refractivity contribution in [2.75, 3.05) is 11.9 Å². The van der Waals surface area contributed by atoms with Gasteiger partial charge in [-0.25, -0.2) is 0 Å². The van der Waals surface area contributed by atoms with Gasteiger partial charge in [0, 0.05) is 18.0 Å². The van der Waals surface area contributed by atoms with E-state index in [0.29, 0.717) is 11.6 Å². The number of nitrogens with one attached hydrogen (secondary N) is 1. The van der Waals surface area contributed by atoms with E-state index in [1.807, 2.05) is 23.1 Å². The van der Waals surface area contributed by atoms with E-state index < -0.39 is 0 Å². The maximum absolute atomic E-state index is 13.3. The Balaban J connectivity index is 1.44. The van der Waals surface area contributed by atoms with Crippen LogP contribution >= 0.6 is 0 Å². The maximum Gasteiger partial charge on any atom is 0.245 e. The summed E-state index contributed by atoms with van der Waals surface area (Å²) in [4.78, 5) is 27.7. The van der Waals surface area contributed by atoms with Crippen molar-refractivity contribution in [2.24, 2.45) is 5.92 Å². The first-order valence-electron chi connectivity index (χ1n) is 10.2. The van der Waals surface area contributed by atoms with Crippen molar-refractivity contribution in [3.63, 3.8) is 0 Å². The molecule has 0 spiro atoms. The molecule has 6 nitrogen and oxygen atoms in total. The largest absolute Gasteiger partial charge is 0.360 e. The van der Waals surface area contributed by atoms with Crippen LogP contribution in [0, 0.1) is 12.8 Å². The molecule has 148 valence electrons. The zero-order valence-corrected chi connectivity index (χ0v) is 16.3. The normalized spacial score (nSPS) is 21.9. The summed E-state index contributed by atoms with van der Waals surface area (Å²) in [6.07, 6.45) is 6.27. The Bertz CT molecular complexity index is 827. The molecule has 1 aromatic carbocycles. The molecule has 6 heteroatoms. The highest BCUT2D eigenvalue weighted by molar-refractivity contribution is 5.95. The van der Waals surface area contributed by atoms with Crippen molar-refractivity contribution in [1.82, 2.24) is 10.1 Å². The number of nitrogens with zero attached hydrogens (tertiary/aromatic N) is 2. The zero-order valence-electron chi connectivity index (χ0n) is 16.3. The van der Waals surface area contributed by atoms with E-state index in [4.69, 9.17) is 4.52 Å². The van der Waals surface area contributed by atoms with Gasteiger partial charge in [-0.05, 0) is 37.7 Å². The molecule has 0 bridgehead atoms. The van der Waals surface area contributed by atoms with E-state index in [0.717, 1.165) is 32.1 Å². The van der Waals surface area contributed by atoms with Gasteiger partial charge >= 0.3 is 0 Å². The summed E-state index contributed by atoms with van der Waals surface area (Å²) in [5.41, 5.74) is 1.21. The lowest BCUT2D eigenvalue weighted by atomic mass is 9.93. The van der Waals surface area contributed by atoms with Crippen LogP contribution in [-0.4, -0.2) is 34.5 Å². The molecule has 0 radical (unpaired) electrons. The number of aryl methyl sites for hydroxylation is 1. The third-order valence-electron chi connectivity index (χ3n) is 5.84. The van der Waals surface area contributed by atoms with Gasteiger partial charge in [0.2, 0.25) is 11.8 Å². The predicted molar refractivity (Wildman–Crippen MR) is 106 cm³/mol. The molecule has 28 heavy (non-hydrogen) atoms. The molecule has 2 amide bonds. The number of carbonyl (C=O) groups is 2. The second-order valence-electron chi connectivity index (χ2n) is 7.99. The van der Waals surface area contributed by atoms with Crippen LogP contribution in [0.1, 0.15) is 55.8 Å². The van der Waals surface area contributed by atoms with Crippen molar-refractivity contribution < 1.29 is 14.1 Å². The molecule has 2 aromatic rings. The first-order chi connectivity index (χ1) is 13.6. The number of hydrogen-bond acceptors (Lipinski definition) is 4. The van der Waals surface area contributed by atoms with Crippen LogP contribution in [0.5, 0.6) is 0 Å². The zero-order chi connectivity index (χ0) is 19.5. The second kappa shape index (κ2) is 8.17. The second-order valence-corrected chi connectivity index (χ2v) is 7.99. The summed E-state index contributed by atoms with van der Waals surface area (Å²) in [7, 11) is 0. The Morgan fingerprint density at radius 1 is 1.18 bits per heavy atom. The van der Waals surface area contributed by atoms with Crippen LogP contribution in [0.3, 0.4) is 0 Å². The van der Waals surface area contributed by atoms with Gasteiger partial charge in [0.15, 0.2) is 5.82 Å². The van der Waals surface area contributed by atoms with Crippen LogP contribution in [0.2, 0.25) is 0 Å². The standard InChI is InChI=1S/C22H27N3O3/c1-15-12-20(24-28-15)23-21(26)14-25(17-10-6-3-7-11-17)22(27)19-13-18(19)16-8-4-2-5-9-16/h2,4-5,8-9,12,17-19H,3,6-7,10-11,13-14H2,1H3,(H,23,24,26)/t18-,19+/m0/s1. The third-order valence-corrected chi connectivity index (χ3v) is 5.84. The van der Waals surface area contributed by atoms with E-state index in [-0.39, 0.29) is 36.2 Å². The molecule has 0 unspecified atom stereocenters. The molecular weight excluding hydrogens is 354 g/mol. The maximum atomic E-state index is 13.3. The SMILES string of the molecule is Cc1cc(NC(=O)CN(C(=O)[C@@H]2C[C@H]2c2ccccc2)C2CCCCC2)no1. The first-order valence-corrected chi connectivity index (χ1v) is 10.2. The fraction of sp³-hybridized carbons (Fsp3) is 0.500. The number of rotatable bonds is 6. The van der Waals surface area contributed by atoms with Crippen molar-refractivity contribution in [3.8, 4) is 0 Å². The molecule has 0 aliphatic heterocycles. The average molecular weight is 381 g/mol. The molecule has 2 saturated carbocycles. The summed E-state index contributed by atoms with van der Waals surface area (Å²) in [5, 5.41) is 6.56. The van der Waals surface area contributed by atoms with Gasteiger partial charge in [-0.15, -0.1) is 0 Å². The molecule has 1 N–H and O–H groups in total. The molecule has 1 heterocycles. The Morgan fingerprint density at radius 2 is 1.93 bits per heavy atom. The number of carbonyl (C=O) groups excluding carboxylic acids is 2. The monoisotopic (exact) mass is 381 g/mol. The van der Waals surface area contributed by atoms with Gasteiger partial charge in [-0.1, -0.05) is 54.8 Å². The van der Waals surface area contributed by atoms with Crippen LogP contribution in [0.15, 0.2) is 40.9 Å². The lowest BCUT2D eigenvalue weighted by Gasteiger charge is -2.34. The molecule has 2 fully saturated rings. The fourth-order valence-electron chi connectivity index (χ4n) is 4.29. The Hall–Kier alpha value is -2.63.